The van der Waals surface area contributed by atoms with Gasteiger partial charge in [-0.3, -0.25) is 4.79 Å². The Bertz CT molecular complexity index is 665. The molecule has 0 saturated carbocycles. The summed E-state index contributed by atoms with van der Waals surface area (Å²) in [5.74, 6) is -0.0747. The summed E-state index contributed by atoms with van der Waals surface area (Å²) in [6.07, 6.45) is 6.03. The maximum atomic E-state index is 12.3. The van der Waals surface area contributed by atoms with Crippen molar-refractivity contribution in [2.24, 2.45) is 0 Å². The molecule has 3 rings (SSSR count). The molecule has 1 aliphatic carbocycles. The smallest absolute Gasteiger partial charge is 0.171 e. The minimum absolute atomic E-state index is 0.160. The number of nitrogens with zero attached hydrogens (tertiary/aromatic N) is 1. The van der Waals surface area contributed by atoms with Crippen LogP contribution in [0.25, 0.3) is 0 Å². The number of nitriles is 1. The second-order valence-electron chi connectivity index (χ2n) is 5.21. The standard InChI is InChI=1S/C16H15N3O/c1-10-12(8-17)15(11-4-3-7-18-9-11)16-13(19-10)5-2-6-14(16)20/h3-4,7,9,15,19H,2,5-6H2,1H3/p+1. The number of aromatic amines is 1. The molecule has 0 aromatic carbocycles. The van der Waals surface area contributed by atoms with E-state index in [1.54, 1.807) is 0 Å². The van der Waals surface area contributed by atoms with Crippen LogP contribution in [0.2, 0.25) is 0 Å². The number of Topliss-reactive ketones (excluding diaryl/α,β-unsaturated/α-hetero) is 1. The van der Waals surface area contributed by atoms with Gasteiger partial charge in [0.1, 0.15) is 0 Å². The van der Waals surface area contributed by atoms with E-state index in [1.165, 1.54) is 0 Å². The van der Waals surface area contributed by atoms with Crippen LogP contribution in [-0.2, 0) is 4.79 Å². The molecule has 2 N–H and O–H groups in total. The van der Waals surface area contributed by atoms with Gasteiger partial charge in [0.25, 0.3) is 0 Å². The third kappa shape index (κ3) is 1.92. The molecule has 2 heterocycles. The molecule has 20 heavy (non-hydrogen) atoms. The average Bonchev–Trinajstić information content (AvgIpc) is 2.47. The maximum absolute atomic E-state index is 12.3. The number of ketones is 1. The van der Waals surface area contributed by atoms with Gasteiger partial charge in [0.15, 0.2) is 18.2 Å². The van der Waals surface area contributed by atoms with Crippen molar-refractivity contribution in [2.75, 3.05) is 0 Å². The molecule has 0 amide bonds. The summed E-state index contributed by atoms with van der Waals surface area (Å²) in [6, 6.07) is 6.13. The van der Waals surface area contributed by atoms with Crippen LogP contribution < -0.4 is 10.3 Å². The van der Waals surface area contributed by atoms with Crippen molar-refractivity contribution in [1.82, 2.24) is 5.32 Å². The lowest BCUT2D eigenvalue weighted by molar-refractivity contribution is -0.378. The number of carbonyl (C=O) groups excluding carboxylic acids is 1. The monoisotopic (exact) mass is 266 g/mol. The van der Waals surface area contributed by atoms with Gasteiger partial charge in [-0.15, -0.1) is 0 Å². The van der Waals surface area contributed by atoms with E-state index in [4.69, 9.17) is 0 Å². The molecule has 0 bridgehead atoms. The highest BCUT2D eigenvalue weighted by atomic mass is 16.1. The van der Waals surface area contributed by atoms with E-state index in [1.807, 2.05) is 31.5 Å². The lowest BCUT2D eigenvalue weighted by Crippen LogP contribution is -2.31. The first-order valence-corrected chi connectivity index (χ1v) is 6.82. The zero-order valence-electron chi connectivity index (χ0n) is 11.4. The van der Waals surface area contributed by atoms with Gasteiger partial charge in [-0.25, -0.2) is 4.98 Å². The topological polar surface area (TPSA) is 67.0 Å². The Morgan fingerprint density at radius 2 is 2.30 bits per heavy atom. The van der Waals surface area contributed by atoms with Gasteiger partial charge in [-0.1, -0.05) is 0 Å². The van der Waals surface area contributed by atoms with E-state index in [2.05, 4.69) is 16.4 Å². The molecule has 1 aliphatic heterocycles. The summed E-state index contributed by atoms with van der Waals surface area (Å²) >= 11 is 0. The van der Waals surface area contributed by atoms with E-state index in [0.29, 0.717) is 12.0 Å². The Kier molecular flexibility index (Phi) is 3.11. The summed E-state index contributed by atoms with van der Waals surface area (Å²) in [7, 11) is 0. The Hall–Kier alpha value is -2.41. The van der Waals surface area contributed by atoms with Crippen molar-refractivity contribution >= 4 is 5.78 Å². The van der Waals surface area contributed by atoms with Gasteiger partial charge < -0.3 is 5.32 Å². The van der Waals surface area contributed by atoms with Crippen LogP contribution >= 0.6 is 0 Å². The number of H-pyrrole nitrogens is 1. The minimum Gasteiger partial charge on any atom is -0.361 e. The molecule has 0 radical (unpaired) electrons. The van der Waals surface area contributed by atoms with Crippen LogP contribution in [0.4, 0.5) is 0 Å². The number of aromatic nitrogens is 1. The number of hydrogen-bond donors (Lipinski definition) is 1. The molecule has 1 atom stereocenters. The van der Waals surface area contributed by atoms with Gasteiger partial charge in [0.2, 0.25) is 0 Å². The molecule has 1 aromatic heterocycles. The van der Waals surface area contributed by atoms with Crippen molar-refractivity contribution in [3.63, 3.8) is 0 Å². The van der Waals surface area contributed by atoms with Crippen molar-refractivity contribution in [2.45, 2.75) is 32.1 Å². The fourth-order valence-electron chi connectivity index (χ4n) is 3.05. The zero-order chi connectivity index (χ0) is 14.1. The van der Waals surface area contributed by atoms with Crippen LogP contribution in [0.3, 0.4) is 0 Å². The Morgan fingerprint density at radius 1 is 1.45 bits per heavy atom. The highest BCUT2D eigenvalue weighted by molar-refractivity contribution is 5.99. The van der Waals surface area contributed by atoms with Gasteiger partial charge in [0, 0.05) is 35.0 Å². The van der Waals surface area contributed by atoms with Crippen LogP contribution in [0.15, 0.2) is 47.1 Å². The van der Waals surface area contributed by atoms with E-state index >= 15 is 0 Å². The lowest BCUT2D eigenvalue weighted by atomic mass is 9.76. The SMILES string of the molecule is CC1=C(C#N)C(c2ccc[nH+]c2)C2=C(CCCC2=O)N1. The third-order valence-electron chi connectivity index (χ3n) is 3.96. The molecular formula is C16H16N3O+. The normalized spacial score (nSPS) is 22.2. The molecule has 0 fully saturated rings. The first-order chi connectivity index (χ1) is 9.72. The molecule has 0 saturated heterocycles. The quantitative estimate of drug-likeness (QED) is 0.845. The summed E-state index contributed by atoms with van der Waals surface area (Å²) in [4.78, 5) is 15.4. The summed E-state index contributed by atoms with van der Waals surface area (Å²) in [5, 5.41) is 12.7. The summed E-state index contributed by atoms with van der Waals surface area (Å²) in [6.45, 7) is 1.90. The summed E-state index contributed by atoms with van der Waals surface area (Å²) in [5.41, 5.74) is 4.23. The third-order valence-corrected chi connectivity index (χ3v) is 3.96. The van der Waals surface area contributed by atoms with Gasteiger partial charge in [0.05, 0.1) is 17.6 Å². The van der Waals surface area contributed by atoms with E-state index in [0.717, 1.165) is 35.4 Å². The van der Waals surface area contributed by atoms with Crippen LogP contribution in [0.1, 0.15) is 37.7 Å². The minimum atomic E-state index is -0.235. The molecule has 4 heteroatoms. The van der Waals surface area contributed by atoms with Gasteiger partial charge in [-0.05, 0) is 25.8 Å². The molecule has 100 valence electrons. The van der Waals surface area contributed by atoms with E-state index in [-0.39, 0.29) is 11.7 Å². The fourth-order valence-corrected chi connectivity index (χ4v) is 3.05. The number of carbonyl (C=O) groups is 1. The lowest BCUT2D eigenvalue weighted by Gasteiger charge is -2.32. The van der Waals surface area contributed by atoms with Crippen molar-refractivity contribution < 1.29 is 9.78 Å². The second kappa shape index (κ2) is 4.93. The first kappa shape index (κ1) is 12.6. The highest BCUT2D eigenvalue weighted by Gasteiger charge is 2.36. The maximum Gasteiger partial charge on any atom is 0.171 e. The van der Waals surface area contributed by atoms with Crippen LogP contribution in [-0.4, -0.2) is 5.78 Å². The fraction of sp³-hybridized carbons (Fsp3) is 0.312. The number of rotatable bonds is 1. The predicted octanol–water partition coefficient (Wildman–Crippen LogP) is 1.99. The second-order valence-corrected chi connectivity index (χ2v) is 5.21. The molecule has 1 aromatic rings. The number of nitrogens with one attached hydrogen (secondary N) is 2. The van der Waals surface area contributed by atoms with Crippen molar-refractivity contribution in [3.8, 4) is 6.07 Å². The van der Waals surface area contributed by atoms with E-state index < -0.39 is 0 Å². The van der Waals surface area contributed by atoms with E-state index in [9.17, 15) is 10.1 Å². The zero-order valence-corrected chi connectivity index (χ0v) is 11.4. The van der Waals surface area contributed by atoms with Crippen molar-refractivity contribution in [1.29, 1.82) is 5.26 Å². The Labute approximate surface area is 117 Å². The van der Waals surface area contributed by atoms with Gasteiger partial charge >= 0.3 is 0 Å². The summed E-state index contributed by atoms with van der Waals surface area (Å²) < 4.78 is 0. The number of allylic oxidation sites excluding steroid dienone is 4. The molecule has 2 aliphatic rings. The van der Waals surface area contributed by atoms with Crippen LogP contribution in [0, 0.1) is 11.3 Å². The molecule has 1 unspecified atom stereocenters. The molecule has 0 spiro atoms. The van der Waals surface area contributed by atoms with Crippen LogP contribution in [0.5, 0.6) is 0 Å². The first-order valence-electron chi connectivity index (χ1n) is 6.82. The number of pyridine rings is 1. The highest BCUT2D eigenvalue weighted by Crippen LogP contribution is 2.41. The van der Waals surface area contributed by atoms with Gasteiger partial charge in [-0.2, -0.15) is 5.26 Å². The average molecular weight is 266 g/mol. The predicted molar refractivity (Wildman–Crippen MR) is 73.1 cm³/mol. The Morgan fingerprint density at radius 3 is 3.00 bits per heavy atom. The molecular weight excluding hydrogens is 250 g/mol. The number of hydrogen-bond acceptors (Lipinski definition) is 3. The number of dihydropyridines is 1. The Balaban J connectivity index is 2.18. The van der Waals surface area contributed by atoms with Crippen molar-refractivity contribution in [3.05, 3.63) is 52.6 Å². The molecule has 4 nitrogen and oxygen atoms in total. The largest absolute Gasteiger partial charge is 0.361 e.